The number of nitrogens with one attached hydrogen (secondary N) is 6. The van der Waals surface area contributed by atoms with Crippen molar-refractivity contribution in [3.05, 3.63) is 0 Å². The SMILES string of the molecule is CC(C)C[C@H](NC(=O)[C@H](CCCCN)NC(=O)[C@H](CO)NC(=O)CCC(=O)O)C(=O)N[C@@H](CCC(N)=O)C(=O)N[C@H]1CCOP(=O)(N(CCCl)CCCl)N1. The number of carboxylic acids is 1. The van der Waals surface area contributed by atoms with Crippen molar-refractivity contribution in [2.45, 2.75) is 102 Å². The molecule has 0 radical (unpaired) electrons. The van der Waals surface area contributed by atoms with E-state index in [0.29, 0.717) is 12.8 Å². The Kier molecular flexibility index (Phi) is 23.4. The average Bonchev–Trinajstić information content (AvgIpc) is 3.10. The summed E-state index contributed by atoms with van der Waals surface area (Å²) in [5.74, 6) is -5.90. The molecule has 6 atom stereocenters. The molecule has 0 aromatic heterocycles. The lowest BCUT2D eigenvalue weighted by Gasteiger charge is -2.37. The highest BCUT2D eigenvalue weighted by atomic mass is 35.5. The summed E-state index contributed by atoms with van der Waals surface area (Å²) in [6.07, 6.45) is -1.10. The second kappa shape index (κ2) is 25.9. The van der Waals surface area contributed by atoms with Crippen LogP contribution in [0, 0.1) is 5.92 Å². The van der Waals surface area contributed by atoms with Gasteiger partial charge in [0.1, 0.15) is 24.2 Å². The number of rotatable bonds is 27. The van der Waals surface area contributed by atoms with Crippen LogP contribution in [0.4, 0.5) is 0 Å². The molecule has 0 saturated carbocycles. The highest BCUT2D eigenvalue weighted by molar-refractivity contribution is 7.54. The maximum Gasteiger partial charge on any atom is 0.345 e. The summed E-state index contributed by atoms with van der Waals surface area (Å²) in [5.41, 5.74) is 10.9. The summed E-state index contributed by atoms with van der Waals surface area (Å²) in [5, 5.41) is 34.0. The van der Waals surface area contributed by atoms with E-state index in [4.69, 9.17) is 44.3 Å². The lowest BCUT2D eigenvalue weighted by Crippen LogP contribution is -2.60. The number of carbonyl (C=O) groups is 7. The van der Waals surface area contributed by atoms with E-state index >= 15 is 0 Å². The van der Waals surface area contributed by atoms with Crippen LogP contribution in [0.25, 0.3) is 0 Å². The second-order valence-electron chi connectivity index (χ2n) is 13.0. The number of nitrogens with two attached hydrogens (primary N) is 2. The van der Waals surface area contributed by atoms with E-state index in [1.165, 1.54) is 4.67 Å². The van der Waals surface area contributed by atoms with E-state index in [-0.39, 0.29) is 76.0 Å². The number of carboxylic acid groups (broad SMARTS) is 1. The summed E-state index contributed by atoms with van der Waals surface area (Å²) in [4.78, 5) is 88.6. The number of alkyl halides is 2. The van der Waals surface area contributed by atoms with Crippen LogP contribution in [0.2, 0.25) is 0 Å². The standard InChI is InChI=1S/C31H56Cl2N9O11P/c1-19(2)17-22(39-28(48)20(5-3-4-13-34)37-31(51)23(18-43)36-26(45)8-9-27(46)47)30(50)38-21(6-7-24(35)44)29(49)40-25-10-16-53-54(52,41-25)42(14-11-32)15-12-33/h19-23,25,43H,3-18,34H2,1-2H3,(H2,35,44)(H,36,45)(H,37,51)(H,38,50)(H,39,48)(H,40,49)(H,41,52)(H,46,47)/t20-,21-,22-,23-,25+,54?/m0/s1. The molecule has 0 spiro atoms. The zero-order valence-electron chi connectivity index (χ0n) is 30.7. The zero-order chi connectivity index (χ0) is 40.8. The van der Waals surface area contributed by atoms with Gasteiger partial charge in [-0.25, -0.2) is 9.76 Å². The highest BCUT2D eigenvalue weighted by Gasteiger charge is 2.39. The number of aliphatic carboxylic acids is 1. The van der Waals surface area contributed by atoms with Gasteiger partial charge in [-0.05, 0) is 44.6 Å². The molecule has 1 saturated heterocycles. The van der Waals surface area contributed by atoms with Gasteiger partial charge >= 0.3 is 13.6 Å². The van der Waals surface area contributed by atoms with Crippen molar-refractivity contribution in [1.82, 2.24) is 36.3 Å². The average molecular weight is 833 g/mol. The molecule has 1 heterocycles. The summed E-state index contributed by atoms with van der Waals surface area (Å²) < 4.78 is 20.6. The fourth-order valence-electron chi connectivity index (χ4n) is 5.22. The Morgan fingerprint density at radius 1 is 0.852 bits per heavy atom. The molecule has 0 aliphatic carbocycles. The minimum absolute atomic E-state index is 0.0101. The Morgan fingerprint density at radius 2 is 1.43 bits per heavy atom. The van der Waals surface area contributed by atoms with Gasteiger partial charge in [-0.3, -0.25) is 38.1 Å². The molecule has 54 heavy (non-hydrogen) atoms. The molecule has 12 N–H and O–H groups in total. The fourth-order valence-corrected chi connectivity index (χ4v) is 7.93. The van der Waals surface area contributed by atoms with Gasteiger partial charge in [-0.15, -0.1) is 23.2 Å². The van der Waals surface area contributed by atoms with Crippen LogP contribution in [0.3, 0.4) is 0 Å². The number of amides is 6. The van der Waals surface area contributed by atoms with Gasteiger partial charge in [-0.2, -0.15) is 0 Å². The predicted octanol–water partition coefficient (Wildman–Crippen LogP) is -1.44. The third kappa shape index (κ3) is 18.5. The molecule has 23 heteroatoms. The number of primary amides is 1. The molecular formula is C31H56Cl2N9O11P. The summed E-state index contributed by atoms with van der Waals surface area (Å²) in [6, 6.07) is -5.31. The summed E-state index contributed by atoms with van der Waals surface area (Å²) in [6.45, 7) is 3.39. The van der Waals surface area contributed by atoms with E-state index in [2.05, 4.69) is 31.7 Å². The van der Waals surface area contributed by atoms with Crippen LogP contribution in [0.5, 0.6) is 0 Å². The van der Waals surface area contributed by atoms with Gasteiger partial charge in [0.05, 0.1) is 25.8 Å². The number of halogens is 2. The number of hydrogen-bond acceptors (Lipinski definition) is 11. The lowest BCUT2D eigenvalue weighted by atomic mass is 10.0. The Bertz CT molecular complexity index is 1310. The molecule has 6 amide bonds. The normalized spacial score (nSPS) is 19.2. The van der Waals surface area contributed by atoms with Crippen LogP contribution < -0.4 is 43.1 Å². The van der Waals surface area contributed by atoms with Crippen molar-refractivity contribution in [2.75, 3.05) is 44.6 Å². The molecule has 20 nitrogen and oxygen atoms in total. The highest BCUT2D eigenvalue weighted by Crippen LogP contribution is 2.49. The molecule has 0 bridgehead atoms. The molecule has 1 aliphatic heterocycles. The first-order valence-electron chi connectivity index (χ1n) is 17.7. The van der Waals surface area contributed by atoms with Gasteiger partial charge in [0.25, 0.3) is 0 Å². The number of aliphatic hydroxyl groups is 1. The maximum absolute atomic E-state index is 13.7. The Morgan fingerprint density at radius 3 is 1.96 bits per heavy atom. The molecule has 310 valence electrons. The number of carbonyl (C=O) groups excluding carboxylic acids is 6. The first kappa shape index (κ1) is 48.9. The number of unbranched alkanes of at least 4 members (excludes halogenated alkanes) is 1. The molecule has 1 rings (SSSR count). The van der Waals surface area contributed by atoms with E-state index in [1.54, 1.807) is 13.8 Å². The van der Waals surface area contributed by atoms with Crippen LogP contribution >= 0.6 is 30.9 Å². The maximum atomic E-state index is 13.7. The summed E-state index contributed by atoms with van der Waals surface area (Å²) in [7, 11) is -3.66. The molecule has 0 aromatic rings. The van der Waals surface area contributed by atoms with Crippen molar-refractivity contribution in [1.29, 1.82) is 0 Å². The predicted molar refractivity (Wildman–Crippen MR) is 199 cm³/mol. The lowest BCUT2D eigenvalue weighted by molar-refractivity contribution is -0.139. The largest absolute Gasteiger partial charge is 0.481 e. The number of nitrogens with zero attached hydrogens (tertiary/aromatic N) is 1. The molecule has 1 aliphatic rings. The number of hydrogen-bond donors (Lipinski definition) is 10. The van der Waals surface area contributed by atoms with E-state index in [9.17, 15) is 43.2 Å². The van der Waals surface area contributed by atoms with Crippen molar-refractivity contribution in [3.8, 4) is 0 Å². The third-order valence-electron chi connectivity index (χ3n) is 8.00. The van der Waals surface area contributed by atoms with Crippen molar-refractivity contribution in [3.63, 3.8) is 0 Å². The van der Waals surface area contributed by atoms with Gasteiger partial charge in [0.15, 0.2) is 0 Å². The molecule has 0 aromatic carbocycles. The van der Waals surface area contributed by atoms with Crippen molar-refractivity contribution < 1.29 is 52.9 Å². The van der Waals surface area contributed by atoms with Gasteiger partial charge in [0, 0.05) is 44.1 Å². The first-order valence-corrected chi connectivity index (χ1v) is 20.4. The molecule has 1 unspecified atom stereocenters. The van der Waals surface area contributed by atoms with Crippen molar-refractivity contribution in [2.24, 2.45) is 17.4 Å². The van der Waals surface area contributed by atoms with Crippen LogP contribution in [-0.4, -0.2) is 131 Å². The van der Waals surface area contributed by atoms with Gasteiger partial charge in [0.2, 0.25) is 35.4 Å². The minimum atomic E-state index is -3.66. The Hall–Kier alpha value is -3.10. The fraction of sp³-hybridized carbons (Fsp3) is 0.774. The van der Waals surface area contributed by atoms with Crippen LogP contribution in [0.15, 0.2) is 0 Å². The van der Waals surface area contributed by atoms with Gasteiger partial charge < -0.3 is 52.8 Å². The van der Waals surface area contributed by atoms with E-state index in [1.807, 2.05) is 0 Å². The zero-order valence-corrected chi connectivity index (χ0v) is 33.1. The topological polar surface area (TPSA) is 314 Å². The second-order valence-corrected chi connectivity index (χ2v) is 15.8. The van der Waals surface area contributed by atoms with E-state index < -0.39 is 98.9 Å². The number of aliphatic hydroxyl groups excluding tert-OH is 1. The monoisotopic (exact) mass is 831 g/mol. The van der Waals surface area contributed by atoms with Crippen molar-refractivity contribution >= 4 is 72.3 Å². The van der Waals surface area contributed by atoms with Gasteiger partial charge in [-0.1, -0.05) is 13.8 Å². The smallest absolute Gasteiger partial charge is 0.345 e. The molecular weight excluding hydrogens is 776 g/mol. The quantitative estimate of drug-likeness (QED) is 0.0258. The third-order valence-corrected chi connectivity index (χ3v) is 10.7. The van der Waals surface area contributed by atoms with Crippen LogP contribution in [-0.2, 0) is 42.7 Å². The van der Waals surface area contributed by atoms with E-state index in [0.717, 1.165) is 0 Å². The molecule has 1 fully saturated rings. The first-order chi connectivity index (χ1) is 25.5. The Labute approximate surface area is 324 Å². The van der Waals surface area contributed by atoms with Crippen LogP contribution in [0.1, 0.15) is 71.6 Å². The Balaban J connectivity index is 3.19. The summed E-state index contributed by atoms with van der Waals surface area (Å²) >= 11 is 11.7. The minimum Gasteiger partial charge on any atom is -0.481 e.